The monoisotopic (exact) mass is 961 g/mol. The fraction of sp³-hybridized carbons (Fsp3) is 0.837. The van der Waals surface area contributed by atoms with Gasteiger partial charge in [0.2, 0.25) is 0 Å². The van der Waals surface area contributed by atoms with Gasteiger partial charge in [-0.25, -0.2) is 0 Å². The van der Waals surface area contributed by atoms with Crippen LogP contribution < -0.4 is 0 Å². The molecule has 0 bridgehead atoms. The van der Waals surface area contributed by atoms with Gasteiger partial charge < -0.3 is 43.0 Å². The largest absolute Gasteiger partial charge is 0.466 e. The third-order valence-corrected chi connectivity index (χ3v) is 6.43. The van der Waals surface area contributed by atoms with Gasteiger partial charge in [-0.1, -0.05) is 107 Å². The minimum absolute atomic E-state index is 0.182. The number of rotatable bonds is 24. The number of carbonyl (C=O) groups is 8. The highest BCUT2D eigenvalue weighted by Crippen LogP contribution is 1.91. The predicted molar refractivity (Wildman–Crippen MR) is 260 cm³/mol. The lowest BCUT2D eigenvalue weighted by atomic mass is 10.4. The highest BCUT2D eigenvalue weighted by atomic mass is 16.6. The zero-order valence-electron chi connectivity index (χ0n) is 44.9. The van der Waals surface area contributed by atoms with Crippen molar-refractivity contribution in [2.45, 2.75) is 214 Å². The summed E-state index contributed by atoms with van der Waals surface area (Å²) in [5.74, 6) is -1.46. The average molecular weight is 961 g/mol. The van der Waals surface area contributed by atoms with Crippen LogP contribution in [0, 0.1) is 0 Å². The van der Waals surface area contributed by atoms with Crippen LogP contribution in [-0.4, -0.2) is 113 Å². The maximum absolute atomic E-state index is 10.1. The lowest BCUT2D eigenvalue weighted by Gasteiger charge is -1.96. The van der Waals surface area contributed by atoms with Gasteiger partial charge in [0.15, 0.2) is 0 Å². The minimum Gasteiger partial charge on any atom is -0.466 e. The van der Waals surface area contributed by atoms with Gasteiger partial charge in [-0.05, 0) is 51.4 Å². The van der Waals surface area contributed by atoms with E-state index in [9.17, 15) is 38.4 Å². The first-order chi connectivity index (χ1) is 31.2. The van der Waals surface area contributed by atoms with Crippen molar-refractivity contribution in [3.8, 4) is 0 Å². The van der Waals surface area contributed by atoms with E-state index < -0.39 is 0 Å². The SMILES string of the molecule is CCCCOC(C)=O.CCCCOC(C)=O.CCCCOC(C)=O.CCCCOC(C)=O.CCCCOC(C)=O.CCCCOC(C)=O.CCCCOC(C)=O.CCCCOC(C)=O.CO. The van der Waals surface area contributed by atoms with Crippen molar-refractivity contribution in [1.82, 2.24) is 0 Å². The first kappa shape index (κ1) is 81.9. The maximum atomic E-state index is 10.1. The zero-order chi connectivity index (χ0) is 53.2. The van der Waals surface area contributed by atoms with E-state index in [-0.39, 0.29) is 47.8 Å². The number of hydrogen-bond acceptors (Lipinski definition) is 17. The molecule has 17 heteroatoms. The second-order valence-corrected chi connectivity index (χ2v) is 13.5. The molecule has 0 unspecified atom stereocenters. The second-order valence-electron chi connectivity index (χ2n) is 13.5. The summed E-state index contributed by atoms with van der Waals surface area (Å²) in [6.07, 6.45) is 16.4. The lowest BCUT2D eigenvalue weighted by Crippen LogP contribution is -1.99. The summed E-state index contributed by atoms with van der Waals surface area (Å²) in [4.78, 5) is 80.8. The first-order valence-electron chi connectivity index (χ1n) is 23.7. The van der Waals surface area contributed by atoms with Crippen molar-refractivity contribution in [1.29, 1.82) is 0 Å². The molecule has 0 saturated carbocycles. The third kappa shape index (κ3) is 161. The van der Waals surface area contributed by atoms with E-state index in [0.29, 0.717) is 52.9 Å². The van der Waals surface area contributed by atoms with Crippen LogP contribution in [0.15, 0.2) is 0 Å². The number of hydrogen-bond donors (Lipinski definition) is 1. The second kappa shape index (κ2) is 81.0. The highest BCUT2D eigenvalue weighted by molar-refractivity contribution is 5.67. The van der Waals surface area contributed by atoms with E-state index in [2.05, 4.69) is 93.3 Å². The van der Waals surface area contributed by atoms with Gasteiger partial charge in [0.25, 0.3) is 0 Å². The molecule has 0 rings (SSSR count). The molecule has 0 amide bonds. The lowest BCUT2D eigenvalue weighted by molar-refractivity contribution is -0.142. The molecule has 0 fully saturated rings. The van der Waals surface area contributed by atoms with Crippen LogP contribution in [0.4, 0.5) is 0 Å². The van der Waals surface area contributed by atoms with Crippen molar-refractivity contribution in [3.63, 3.8) is 0 Å². The molecule has 0 atom stereocenters. The number of ether oxygens (including phenoxy) is 8. The van der Waals surface area contributed by atoms with Gasteiger partial charge in [0.05, 0.1) is 52.9 Å². The van der Waals surface area contributed by atoms with E-state index >= 15 is 0 Å². The van der Waals surface area contributed by atoms with E-state index in [1.54, 1.807) is 0 Å². The van der Waals surface area contributed by atoms with E-state index in [1.807, 2.05) is 0 Å². The first-order valence-corrected chi connectivity index (χ1v) is 23.7. The molecule has 0 aromatic rings. The van der Waals surface area contributed by atoms with E-state index in [0.717, 1.165) is 110 Å². The Hall–Kier alpha value is -4.28. The summed E-state index contributed by atoms with van der Waals surface area (Å²) in [5.41, 5.74) is 0. The number of carbonyl (C=O) groups excluding carboxylic acids is 8. The molecule has 0 radical (unpaired) electrons. The van der Waals surface area contributed by atoms with Gasteiger partial charge in [0.1, 0.15) is 0 Å². The standard InChI is InChI=1S/8C6H12O2.CH4O/c8*1-3-4-5-8-6(2)7;1-2/h8*3-5H2,1-2H3;2H,1H3. The highest BCUT2D eigenvalue weighted by Gasteiger charge is 1.92. The Morgan fingerprint density at radius 3 is 0.348 bits per heavy atom. The molecular formula is C49H100O17. The Labute approximate surface area is 401 Å². The topological polar surface area (TPSA) is 231 Å². The molecular weight excluding hydrogens is 861 g/mol. The van der Waals surface area contributed by atoms with Crippen LogP contribution in [-0.2, 0) is 76.3 Å². The van der Waals surface area contributed by atoms with Gasteiger partial charge in [-0.3, -0.25) is 38.4 Å². The summed E-state index contributed by atoms with van der Waals surface area (Å²) >= 11 is 0. The van der Waals surface area contributed by atoms with Crippen molar-refractivity contribution < 1.29 is 81.4 Å². The van der Waals surface area contributed by atoms with Crippen molar-refractivity contribution in [2.75, 3.05) is 60.0 Å². The Morgan fingerprint density at radius 1 is 0.227 bits per heavy atom. The van der Waals surface area contributed by atoms with E-state index in [1.165, 1.54) is 55.4 Å². The summed E-state index contributed by atoms with van der Waals surface area (Å²) in [5, 5.41) is 7.00. The summed E-state index contributed by atoms with van der Waals surface area (Å²) in [6, 6.07) is 0. The molecule has 0 aliphatic heterocycles. The Bertz CT molecular complexity index is 794. The fourth-order valence-corrected chi connectivity index (χ4v) is 2.88. The molecule has 0 saturated heterocycles. The van der Waals surface area contributed by atoms with Crippen LogP contribution in [0.3, 0.4) is 0 Å². The van der Waals surface area contributed by atoms with Crippen LogP contribution in [0.2, 0.25) is 0 Å². The molecule has 0 aliphatic rings. The van der Waals surface area contributed by atoms with E-state index in [4.69, 9.17) is 5.11 Å². The molecule has 0 aliphatic carbocycles. The Balaban J connectivity index is -0.0000000799. The minimum atomic E-state index is -0.182. The summed E-state index contributed by atoms with van der Waals surface area (Å²) in [6.45, 7) is 32.5. The van der Waals surface area contributed by atoms with Crippen LogP contribution >= 0.6 is 0 Å². The number of aliphatic hydroxyl groups excluding tert-OH is 1. The quantitative estimate of drug-likeness (QED) is 0.0538. The van der Waals surface area contributed by atoms with Crippen molar-refractivity contribution in [2.24, 2.45) is 0 Å². The smallest absolute Gasteiger partial charge is 0.302 e. The van der Waals surface area contributed by atoms with Gasteiger partial charge in [-0.15, -0.1) is 0 Å². The fourth-order valence-electron chi connectivity index (χ4n) is 2.88. The molecule has 1 N–H and O–H groups in total. The molecule has 0 heterocycles. The van der Waals surface area contributed by atoms with Gasteiger partial charge in [0, 0.05) is 62.5 Å². The number of esters is 8. The van der Waals surface area contributed by atoms with Crippen molar-refractivity contribution >= 4 is 47.8 Å². The molecule has 398 valence electrons. The average Bonchev–Trinajstić information content (AvgIpc) is 3.23. The third-order valence-electron chi connectivity index (χ3n) is 6.43. The number of aliphatic hydroxyl groups is 1. The summed E-state index contributed by atoms with van der Waals surface area (Å²) < 4.78 is 37.1. The summed E-state index contributed by atoms with van der Waals surface area (Å²) in [7, 11) is 1.00. The van der Waals surface area contributed by atoms with Gasteiger partial charge in [-0.2, -0.15) is 0 Å². The molecule has 0 spiro atoms. The molecule has 0 aromatic heterocycles. The number of unbranched alkanes of at least 4 members (excludes halogenated alkanes) is 8. The Kier molecular flexibility index (Phi) is 100. The zero-order valence-corrected chi connectivity index (χ0v) is 44.9. The Morgan fingerprint density at radius 2 is 0.303 bits per heavy atom. The molecule has 66 heavy (non-hydrogen) atoms. The van der Waals surface area contributed by atoms with Crippen LogP contribution in [0.5, 0.6) is 0 Å². The van der Waals surface area contributed by atoms with Gasteiger partial charge >= 0.3 is 47.8 Å². The van der Waals surface area contributed by atoms with Crippen LogP contribution in [0.1, 0.15) is 214 Å². The normalized spacial score (nSPS) is 8.58. The maximum Gasteiger partial charge on any atom is 0.302 e. The predicted octanol–water partition coefficient (Wildman–Crippen LogP) is 10.4. The van der Waals surface area contributed by atoms with Crippen LogP contribution in [0.25, 0.3) is 0 Å². The molecule has 0 aromatic carbocycles. The molecule has 17 nitrogen and oxygen atoms in total. The van der Waals surface area contributed by atoms with Crippen molar-refractivity contribution in [3.05, 3.63) is 0 Å².